The molecule has 2 heterocycles. The Hall–Kier alpha value is -6.08. The maximum atomic E-state index is 13.7. The van der Waals surface area contributed by atoms with E-state index in [1.807, 2.05) is 72.8 Å². The molecule has 0 N–H and O–H groups in total. The second kappa shape index (κ2) is 13.3. The summed E-state index contributed by atoms with van der Waals surface area (Å²) >= 11 is 0. The first-order valence-corrected chi connectivity index (χ1v) is 18.4. The molecule has 0 unspecified atom stereocenters. The average Bonchev–Trinajstić information content (AvgIpc) is 3.50. The third-order valence-electron chi connectivity index (χ3n) is 10.2. The van der Waals surface area contributed by atoms with Gasteiger partial charge in [0.25, 0.3) is 0 Å². The number of halogens is 3. The van der Waals surface area contributed by atoms with Gasteiger partial charge in [-0.3, -0.25) is 0 Å². The van der Waals surface area contributed by atoms with Crippen molar-refractivity contribution in [2.45, 2.75) is 58.5 Å². The van der Waals surface area contributed by atoms with Crippen molar-refractivity contribution in [3.05, 3.63) is 156 Å². The number of hydrogen-bond acceptors (Lipinski definition) is 3. The fraction of sp³-hybridized carbons (Fsp3) is 0.188. The van der Waals surface area contributed by atoms with Gasteiger partial charge >= 0.3 is 6.18 Å². The van der Waals surface area contributed by atoms with Crippen molar-refractivity contribution in [1.29, 1.82) is 0 Å². The van der Waals surface area contributed by atoms with Crippen molar-refractivity contribution in [2.75, 3.05) is 0 Å². The molecule has 4 nitrogen and oxygen atoms in total. The normalized spacial score (nSPS) is 12.5. The number of rotatable bonds is 5. The van der Waals surface area contributed by atoms with Gasteiger partial charge in [-0.15, -0.1) is 0 Å². The van der Waals surface area contributed by atoms with Gasteiger partial charge < -0.3 is 4.57 Å². The van der Waals surface area contributed by atoms with Gasteiger partial charge in [0.2, 0.25) is 0 Å². The lowest BCUT2D eigenvalue weighted by Gasteiger charge is -2.20. The fourth-order valence-corrected chi connectivity index (χ4v) is 7.09. The van der Waals surface area contributed by atoms with Gasteiger partial charge in [-0.1, -0.05) is 139 Å². The lowest BCUT2D eigenvalue weighted by Crippen LogP contribution is -2.10. The molecule has 6 aromatic carbocycles. The van der Waals surface area contributed by atoms with Crippen LogP contribution < -0.4 is 0 Å². The monoisotopic (exact) mass is 730 g/mol. The van der Waals surface area contributed by atoms with E-state index in [0.717, 1.165) is 61.9 Å². The lowest BCUT2D eigenvalue weighted by molar-refractivity contribution is -0.137. The van der Waals surface area contributed by atoms with Crippen molar-refractivity contribution < 1.29 is 13.2 Å². The molecule has 0 spiro atoms. The van der Waals surface area contributed by atoms with Crippen LogP contribution in [0.25, 0.3) is 72.8 Å². The summed E-state index contributed by atoms with van der Waals surface area (Å²) in [6.45, 7) is 13.3. The zero-order chi connectivity index (χ0) is 38.7. The lowest BCUT2D eigenvalue weighted by atomic mass is 9.85. The van der Waals surface area contributed by atoms with Gasteiger partial charge in [-0.25, -0.2) is 15.0 Å². The minimum absolute atomic E-state index is 0.0822. The Morgan fingerprint density at radius 3 is 1.27 bits per heavy atom. The highest BCUT2D eigenvalue weighted by atomic mass is 19.4. The largest absolute Gasteiger partial charge is 0.416 e. The van der Waals surface area contributed by atoms with E-state index in [1.54, 1.807) is 12.1 Å². The molecular formula is C48H41F3N4. The first kappa shape index (κ1) is 35.9. The average molecular weight is 731 g/mol. The van der Waals surface area contributed by atoms with Crippen molar-refractivity contribution in [2.24, 2.45) is 0 Å². The molecule has 0 saturated carbocycles. The van der Waals surface area contributed by atoms with E-state index in [0.29, 0.717) is 23.0 Å². The van der Waals surface area contributed by atoms with Gasteiger partial charge in [-0.2, -0.15) is 13.2 Å². The van der Waals surface area contributed by atoms with E-state index >= 15 is 0 Å². The van der Waals surface area contributed by atoms with Crippen LogP contribution in [0.15, 0.2) is 140 Å². The van der Waals surface area contributed by atoms with E-state index < -0.39 is 11.7 Å². The van der Waals surface area contributed by atoms with Crippen LogP contribution in [0.3, 0.4) is 0 Å². The first-order valence-electron chi connectivity index (χ1n) is 18.4. The van der Waals surface area contributed by atoms with Crippen molar-refractivity contribution in [3.8, 4) is 51.0 Å². The number of alkyl halides is 3. The number of aromatic nitrogens is 4. The Morgan fingerprint density at radius 1 is 0.418 bits per heavy atom. The van der Waals surface area contributed by atoms with E-state index in [4.69, 9.17) is 15.0 Å². The summed E-state index contributed by atoms with van der Waals surface area (Å²) in [5.74, 6) is 1.57. The molecule has 0 radical (unpaired) electrons. The summed E-state index contributed by atoms with van der Waals surface area (Å²) in [6.07, 6.45) is -4.45. The zero-order valence-corrected chi connectivity index (χ0v) is 31.7. The Labute approximate surface area is 319 Å². The molecule has 274 valence electrons. The molecule has 2 aromatic heterocycles. The van der Waals surface area contributed by atoms with Crippen LogP contribution in [-0.2, 0) is 17.0 Å². The van der Waals surface area contributed by atoms with Crippen LogP contribution in [0, 0.1) is 0 Å². The van der Waals surface area contributed by atoms with E-state index in [9.17, 15) is 13.2 Å². The predicted molar refractivity (Wildman–Crippen MR) is 218 cm³/mol. The third-order valence-corrected chi connectivity index (χ3v) is 10.2. The highest BCUT2D eigenvalue weighted by molar-refractivity contribution is 6.10. The zero-order valence-electron chi connectivity index (χ0n) is 31.7. The maximum absolute atomic E-state index is 13.7. The molecule has 0 aliphatic carbocycles. The fourth-order valence-electron chi connectivity index (χ4n) is 7.09. The van der Waals surface area contributed by atoms with Crippen LogP contribution in [0.1, 0.15) is 58.2 Å². The minimum Gasteiger partial charge on any atom is -0.309 e. The number of hydrogen-bond donors (Lipinski definition) is 0. The number of nitrogens with zero attached hydrogens (tertiary/aromatic N) is 4. The molecule has 8 rings (SSSR count). The smallest absolute Gasteiger partial charge is 0.309 e. The molecule has 0 aliphatic heterocycles. The quantitative estimate of drug-likeness (QED) is 0.177. The SMILES string of the molecule is CC(C)(C)c1ccc2c(c1)c1cc(C(C)(C)C)ccc1n2-c1cc(-c2nc(-c3ccccc3)nc(-c3ccccc3)n2)ccc1-c1ccc(C(F)(F)F)cc1. The van der Waals surface area contributed by atoms with Crippen LogP contribution in [-0.4, -0.2) is 19.5 Å². The van der Waals surface area contributed by atoms with Gasteiger partial charge in [0.1, 0.15) is 0 Å². The second-order valence-electron chi connectivity index (χ2n) is 16.1. The number of fused-ring (bicyclic) bond motifs is 3. The maximum Gasteiger partial charge on any atom is 0.416 e. The molecule has 0 amide bonds. The molecule has 55 heavy (non-hydrogen) atoms. The molecule has 0 atom stereocenters. The summed E-state index contributed by atoms with van der Waals surface area (Å²) in [6, 6.07) is 44.2. The summed E-state index contributed by atoms with van der Waals surface area (Å²) in [7, 11) is 0. The second-order valence-corrected chi connectivity index (χ2v) is 16.1. The minimum atomic E-state index is -4.45. The predicted octanol–water partition coefficient (Wildman–Crippen LogP) is 13.3. The molecule has 0 fully saturated rings. The number of benzene rings is 6. The van der Waals surface area contributed by atoms with Crippen molar-refractivity contribution in [1.82, 2.24) is 19.5 Å². The molecule has 0 saturated heterocycles. The topological polar surface area (TPSA) is 43.6 Å². The molecule has 7 heteroatoms. The third kappa shape index (κ3) is 6.91. The Balaban J connectivity index is 1.43. The molecule has 0 bridgehead atoms. The van der Waals surface area contributed by atoms with Gasteiger partial charge in [-0.05, 0) is 70.0 Å². The Morgan fingerprint density at radius 2 is 0.836 bits per heavy atom. The van der Waals surface area contributed by atoms with Crippen LogP contribution in [0.5, 0.6) is 0 Å². The highest BCUT2D eigenvalue weighted by Crippen LogP contribution is 2.41. The van der Waals surface area contributed by atoms with E-state index in [2.05, 4.69) is 88.6 Å². The summed E-state index contributed by atoms with van der Waals surface area (Å²) in [4.78, 5) is 14.9. The standard InChI is InChI=1S/C48H41F3N4/c1-46(2,3)35-22-25-40-38(28-35)39-29-36(47(4,5)6)23-26-41(39)55(40)42-27-33(19-24-37(42)30-17-20-34(21-18-30)48(49,50)51)45-53-43(31-13-9-7-10-14-31)52-44(54-45)32-15-11-8-12-16-32/h7-29H,1-6H3. The van der Waals surface area contributed by atoms with E-state index in [-0.39, 0.29) is 10.8 Å². The van der Waals surface area contributed by atoms with Crippen molar-refractivity contribution >= 4 is 21.8 Å². The van der Waals surface area contributed by atoms with Crippen molar-refractivity contribution in [3.63, 3.8) is 0 Å². The van der Waals surface area contributed by atoms with Crippen LogP contribution in [0.2, 0.25) is 0 Å². The highest BCUT2D eigenvalue weighted by Gasteiger charge is 2.30. The van der Waals surface area contributed by atoms with Gasteiger partial charge in [0.15, 0.2) is 17.5 Å². The van der Waals surface area contributed by atoms with Gasteiger partial charge in [0.05, 0.1) is 22.3 Å². The summed E-state index contributed by atoms with van der Waals surface area (Å²) < 4.78 is 43.4. The molecule has 0 aliphatic rings. The van der Waals surface area contributed by atoms with Gasteiger partial charge in [0, 0.05) is 33.0 Å². The molecule has 8 aromatic rings. The molecular weight excluding hydrogens is 690 g/mol. The van der Waals surface area contributed by atoms with Crippen LogP contribution >= 0.6 is 0 Å². The van der Waals surface area contributed by atoms with E-state index in [1.165, 1.54) is 11.1 Å². The summed E-state index contributed by atoms with van der Waals surface area (Å²) in [5, 5.41) is 2.21. The summed E-state index contributed by atoms with van der Waals surface area (Å²) in [5.41, 5.74) is 8.24. The van der Waals surface area contributed by atoms with Crippen LogP contribution in [0.4, 0.5) is 13.2 Å². The Bertz CT molecular complexity index is 2550. The Kier molecular flexibility index (Phi) is 8.71. The first-order chi connectivity index (χ1) is 26.1.